The van der Waals surface area contributed by atoms with Crippen LogP contribution in [0.1, 0.15) is 33.6 Å². The molecule has 0 atom stereocenters. The van der Waals surface area contributed by atoms with Gasteiger partial charge in [0.25, 0.3) is 11.6 Å². The molecule has 0 radical (unpaired) electrons. The highest BCUT2D eigenvalue weighted by Crippen LogP contribution is 2.29. The average molecular weight is 468 g/mol. The van der Waals surface area contributed by atoms with Gasteiger partial charge >= 0.3 is 0 Å². The van der Waals surface area contributed by atoms with E-state index < -0.39 is 10.8 Å². The van der Waals surface area contributed by atoms with Crippen molar-refractivity contribution in [2.45, 2.75) is 32.0 Å². The van der Waals surface area contributed by atoms with Crippen LogP contribution in [-0.4, -0.2) is 39.1 Å². The topological polar surface area (TPSA) is 83.8 Å². The van der Waals surface area contributed by atoms with Gasteiger partial charge in [0.2, 0.25) is 5.91 Å². The highest BCUT2D eigenvalue weighted by molar-refractivity contribution is 7.09. The van der Waals surface area contributed by atoms with Crippen LogP contribution in [0.5, 0.6) is 0 Å². The van der Waals surface area contributed by atoms with Crippen LogP contribution in [0.4, 0.5) is 10.1 Å². The first-order chi connectivity index (χ1) is 15.9. The number of nitrogens with zero attached hydrogens (tertiary/aromatic N) is 3. The molecule has 0 bridgehead atoms. The minimum atomic E-state index is -0.547. The van der Waals surface area contributed by atoms with Crippen LogP contribution in [0.25, 0.3) is 0 Å². The molecule has 1 aliphatic carbocycles. The number of nitro benzene ring substituents is 1. The van der Waals surface area contributed by atoms with Gasteiger partial charge in [-0.1, -0.05) is 24.3 Å². The Morgan fingerprint density at radius 3 is 2.45 bits per heavy atom. The van der Waals surface area contributed by atoms with E-state index in [0.717, 1.165) is 23.3 Å². The largest absolute Gasteiger partial charge is 0.332 e. The molecule has 0 N–H and O–H groups in total. The summed E-state index contributed by atoms with van der Waals surface area (Å²) in [6, 6.07) is 15.3. The number of hydrogen-bond donors (Lipinski definition) is 0. The third-order valence-electron chi connectivity index (χ3n) is 5.42. The lowest BCUT2D eigenvalue weighted by atomic mass is 10.1. The highest BCUT2D eigenvalue weighted by Gasteiger charge is 2.35. The van der Waals surface area contributed by atoms with Crippen LogP contribution in [0.2, 0.25) is 0 Å². The molecule has 7 nitrogen and oxygen atoms in total. The van der Waals surface area contributed by atoms with Gasteiger partial charge in [0, 0.05) is 35.2 Å². The second kappa shape index (κ2) is 9.91. The molecule has 1 heterocycles. The predicted octanol–water partition coefficient (Wildman–Crippen LogP) is 4.63. The van der Waals surface area contributed by atoms with E-state index >= 15 is 0 Å². The zero-order valence-electron chi connectivity index (χ0n) is 17.7. The number of thiophene rings is 1. The summed E-state index contributed by atoms with van der Waals surface area (Å²) in [7, 11) is 0. The number of rotatable bonds is 9. The van der Waals surface area contributed by atoms with E-state index in [1.807, 2.05) is 17.5 Å². The van der Waals surface area contributed by atoms with Crippen LogP contribution in [0.15, 0.2) is 66.0 Å². The van der Waals surface area contributed by atoms with Gasteiger partial charge in [-0.15, -0.1) is 11.3 Å². The molecular weight excluding hydrogens is 445 g/mol. The second-order valence-corrected chi connectivity index (χ2v) is 8.96. The standard InChI is InChI=1S/C24H22FN3O4S/c25-19-8-6-17(7-9-19)14-26(15-22-5-2-12-33-22)23(29)16-27(20-10-11-20)24(30)18-3-1-4-21(13-18)28(31)32/h1-9,12-13,20H,10-11,14-16H2. The third-order valence-corrected chi connectivity index (χ3v) is 6.29. The lowest BCUT2D eigenvalue weighted by Gasteiger charge is -2.28. The molecule has 170 valence electrons. The van der Waals surface area contributed by atoms with Gasteiger partial charge in [0.1, 0.15) is 12.4 Å². The molecule has 2 aromatic carbocycles. The van der Waals surface area contributed by atoms with Gasteiger partial charge in [0.15, 0.2) is 0 Å². The summed E-state index contributed by atoms with van der Waals surface area (Å²) in [5.74, 6) is -0.983. The van der Waals surface area contributed by atoms with Crippen molar-refractivity contribution in [1.29, 1.82) is 0 Å². The zero-order valence-corrected chi connectivity index (χ0v) is 18.5. The van der Waals surface area contributed by atoms with E-state index in [-0.39, 0.29) is 42.1 Å². The van der Waals surface area contributed by atoms with Crippen LogP contribution >= 0.6 is 11.3 Å². The molecule has 9 heteroatoms. The first-order valence-corrected chi connectivity index (χ1v) is 11.4. The minimum absolute atomic E-state index is 0.0601. The van der Waals surface area contributed by atoms with Crippen LogP contribution in [-0.2, 0) is 17.9 Å². The molecule has 33 heavy (non-hydrogen) atoms. The third kappa shape index (κ3) is 5.81. The molecule has 1 aliphatic rings. The highest BCUT2D eigenvalue weighted by atomic mass is 32.1. The SMILES string of the molecule is O=C(CN(C(=O)c1cccc([N+](=O)[O-])c1)C1CC1)N(Cc1ccc(F)cc1)Cc1cccs1. The second-order valence-electron chi connectivity index (χ2n) is 7.93. The Morgan fingerprint density at radius 1 is 1.06 bits per heavy atom. The molecule has 1 saturated carbocycles. The molecule has 0 saturated heterocycles. The molecule has 4 rings (SSSR count). The zero-order chi connectivity index (χ0) is 23.4. The summed E-state index contributed by atoms with van der Waals surface area (Å²) in [6.45, 7) is 0.524. The summed E-state index contributed by atoms with van der Waals surface area (Å²) in [4.78, 5) is 41.2. The van der Waals surface area contributed by atoms with Gasteiger partial charge < -0.3 is 9.80 Å². The number of hydrogen-bond acceptors (Lipinski definition) is 5. The fourth-order valence-electron chi connectivity index (χ4n) is 3.55. The van der Waals surface area contributed by atoms with Crippen molar-refractivity contribution in [1.82, 2.24) is 9.80 Å². The Hall–Kier alpha value is -3.59. The Labute approximate surface area is 194 Å². The van der Waals surface area contributed by atoms with Crippen molar-refractivity contribution >= 4 is 28.8 Å². The molecule has 0 unspecified atom stereocenters. The van der Waals surface area contributed by atoms with E-state index in [0.29, 0.717) is 6.54 Å². The number of non-ortho nitro benzene ring substituents is 1. The molecule has 1 aromatic heterocycles. The number of carbonyl (C=O) groups excluding carboxylic acids is 2. The summed E-state index contributed by atoms with van der Waals surface area (Å²) in [5, 5.41) is 13.0. The van der Waals surface area contributed by atoms with Gasteiger partial charge in [-0.25, -0.2) is 4.39 Å². The van der Waals surface area contributed by atoms with E-state index in [2.05, 4.69) is 0 Å². The van der Waals surface area contributed by atoms with E-state index in [9.17, 15) is 24.1 Å². The first kappa shape index (κ1) is 22.6. The number of amides is 2. The summed E-state index contributed by atoms with van der Waals surface area (Å²) in [5.41, 5.74) is 0.801. The summed E-state index contributed by atoms with van der Waals surface area (Å²) in [6.07, 6.45) is 1.58. The Balaban J connectivity index is 1.54. The summed E-state index contributed by atoms with van der Waals surface area (Å²) < 4.78 is 13.3. The molecule has 0 spiro atoms. The molecule has 1 fully saturated rings. The Morgan fingerprint density at radius 2 is 1.82 bits per heavy atom. The van der Waals surface area contributed by atoms with Gasteiger partial charge in [-0.3, -0.25) is 19.7 Å². The quantitative estimate of drug-likeness (QED) is 0.339. The van der Waals surface area contributed by atoms with Gasteiger partial charge in [0.05, 0.1) is 11.5 Å². The van der Waals surface area contributed by atoms with Crippen molar-refractivity contribution in [3.8, 4) is 0 Å². The Bertz CT molecular complexity index is 1150. The average Bonchev–Trinajstić information content (AvgIpc) is 3.53. The maximum absolute atomic E-state index is 13.3. The smallest absolute Gasteiger partial charge is 0.270 e. The monoisotopic (exact) mass is 467 g/mol. The fraction of sp³-hybridized carbons (Fsp3) is 0.250. The fourth-order valence-corrected chi connectivity index (χ4v) is 4.27. The van der Waals surface area contributed by atoms with Gasteiger partial charge in [-0.05, 0) is 48.1 Å². The number of halogens is 1. The summed E-state index contributed by atoms with van der Waals surface area (Å²) >= 11 is 1.53. The van der Waals surface area contributed by atoms with Gasteiger partial charge in [-0.2, -0.15) is 0 Å². The van der Waals surface area contributed by atoms with E-state index in [1.165, 1.54) is 52.6 Å². The van der Waals surface area contributed by atoms with Crippen molar-refractivity contribution in [3.63, 3.8) is 0 Å². The number of benzene rings is 2. The van der Waals surface area contributed by atoms with Crippen molar-refractivity contribution in [2.75, 3.05) is 6.54 Å². The normalized spacial score (nSPS) is 12.9. The van der Waals surface area contributed by atoms with E-state index in [4.69, 9.17) is 0 Å². The molecule has 0 aliphatic heterocycles. The maximum atomic E-state index is 13.3. The maximum Gasteiger partial charge on any atom is 0.270 e. The lowest BCUT2D eigenvalue weighted by molar-refractivity contribution is -0.384. The molecule has 3 aromatic rings. The van der Waals surface area contributed by atoms with Crippen molar-refractivity contribution < 1.29 is 18.9 Å². The minimum Gasteiger partial charge on any atom is -0.332 e. The van der Waals surface area contributed by atoms with Crippen LogP contribution < -0.4 is 0 Å². The van der Waals surface area contributed by atoms with Crippen LogP contribution in [0.3, 0.4) is 0 Å². The first-order valence-electron chi connectivity index (χ1n) is 10.5. The molecular formula is C24H22FN3O4S. The predicted molar refractivity (Wildman–Crippen MR) is 122 cm³/mol. The van der Waals surface area contributed by atoms with Crippen LogP contribution in [0, 0.1) is 15.9 Å². The molecule has 2 amide bonds. The van der Waals surface area contributed by atoms with Crippen molar-refractivity contribution in [3.05, 3.63) is 98.0 Å². The number of nitro groups is 1. The van der Waals surface area contributed by atoms with E-state index in [1.54, 1.807) is 17.0 Å². The van der Waals surface area contributed by atoms with Crippen molar-refractivity contribution in [2.24, 2.45) is 0 Å². The number of carbonyl (C=O) groups is 2. The lowest BCUT2D eigenvalue weighted by Crippen LogP contribution is -2.43. The Kier molecular flexibility index (Phi) is 6.79.